The van der Waals surface area contributed by atoms with E-state index < -0.39 is 6.09 Å². The molecule has 0 fully saturated rings. The van der Waals surface area contributed by atoms with Gasteiger partial charge in [0.25, 0.3) is 0 Å². The van der Waals surface area contributed by atoms with Gasteiger partial charge in [0.2, 0.25) is 0 Å². The first kappa shape index (κ1) is 15.2. The predicted molar refractivity (Wildman–Crippen MR) is 66.2 cm³/mol. The van der Waals surface area contributed by atoms with Gasteiger partial charge in [-0.2, -0.15) is 0 Å². The smallest absolute Gasteiger partial charge is 0.404 e. The van der Waals surface area contributed by atoms with Crippen LogP contribution in [-0.4, -0.2) is 25.3 Å². The van der Waals surface area contributed by atoms with E-state index in [9.17, 15) is 4.79 Å². The van der Waals surface area contributed by atoms with Crippen LogP contribution in [0.15, 0.2) is 0 Å². The highest BCUT2D eigenvalue weighted by molar-refractivity contribution is 5.64. The Labute approximate surface area is 98.9 Å². The summed E-state index contributed by atoms with van der Waals surface area (Å²) in [5.74, 6) is 1.35. The second-order valence-corrected chi connectivity index (χ2v) is 5.08. The van der Waals surface area contributed by atoms with E-state index in [1.54, 1.807) is 0 Å². The lowest BCUT2D eigenvalue weighted by molar-refractivity contribution is 0.155. The Morgan fingerprint density at radius 2 is 1.69 bits per heavy atom. The van der Waals surface area contributed by atoms with Gasteiger partial charge < -0.3 is 15.8 Å². The molecule has 0 bridgehead atoms. The van der Waals surface area contributed by atoms with Crippen molar-refractivity contribution in [2.75, 3.05) is 13.2 Å². The SMILES string of the molecule is CC(C)CC(CC(C)C)NCCOC(N)=O. The Kier molecular flexibility index (Phi) is 7.99. The molecule has 3 N–H and O–H groups in total. The summed E-state index contributed by atoms with van der Waals surface area (Å²) < 4.78 is 4.68. The van der Waals surface area contributed by atoms with Gasteiger partial charge in [-0.1, -0.05) is 27.7 Å². The van der Waals surface area contributed by atoms with Crippen molar-refractivity contribution in [1.29, 1.82) is 0 Å². The molecule has 0 saturated heterocycles. The summed E-state index contributed by atoms with van der Waals surface area (Å²) in [6.07, 6.45) is 1.59. The van der Waals surface area contributed by atoms with Crippen molar-refractivity contribution in [3.63, 3.8) is 0 Å². The third kappa shape index (κ3) is 9.77. The van der Waals surface area contributed by atoms with Crippen LogP contribution >= 0.6 is 0 Å². The fourth-order valence-electron chi connectivity index (χ4n) is 1.82. The molecule has 0 aromatic rings. The van der Waals surface area contributed by atoms with E-state index in [0.29, 0.717) is 31.0 Å². The number of ether oxygens (including phenoxy) is 1. The summed E-state index contributed by atoms with van der Waals surface area (Å²) in [5.41, 5.74) is 4.88. The van der Waals surface area contributed by atoms with Gasteiger partial charge in [0.05, 0.1) is 0 Å². The van der Waals surface area contributed by atoms with Gasteiger partial charge in [0.15, 0.2) is 0 Å². The van der Waals surface area contributed by atoms with E-state index in [2.05, 4.69) is 37.7 Å². The molecule has 0 aliphatic heterocycles. The summed E-state index contributed by atoms with van der Waals surface area (Å²) >= 11 is 0. The summed E-state index contributed by atoms with van der Waals surface area (Å²) in [7, 11) is 0. The Balaban J connectivity index is 3.77. The number of carbonyl (C=O) groups is 1. The molecule has 0 saturated carbocycles. The molecule has 0 aromatic carbocycles. The molecule has 0 atom stereocenters. The fraction of sp³-hybridized carbons (Fsp3) is 0.917. The third-order valence-electron chi connectivity index (χ3n) is 2.29. The predicted octanol–water partition coefficient (Wildman–Crippen LogP) is 2.13. The van der Waals surface area contributed by atoms with Crippen molar-refractivity contribution >= 4 is 6.09 Å². The first-order valence-corrected chi connectivity index (χ1v) is 6.07. The van der Waals surface area contributed by atoms with Crippen molar-refractivity contribution in [1.82, 2.24) is 5.32 Å². The average Bonchev–Trinajstić information content (AvgIpc) is 2.09. The Morgan fingerprint density at radius 3 is 2.06 bits per heavy atom. The topological polar surface area (TPSA) is 64.3 Å². The zero-order valence-electron chi connectivity index (χ0n) is 11.0. The van der Waals surface area contributed by atoms with Crippen LogP contribution in [0.3, 0.4) is 0 Å². The number of hydrogen-bond donors (Lipinski definition) is 2. The number of rotatable bonds is 8. The van der Waals surface area contributed by atoms with Crippen LogP contribution in [0, 0.1) is 11.8 Å². The Hall–Kier alpha value is -0.770. The van der Waals surface area contributed by atoms with Crippen LogP contribution in [0.1, 0.15) is 40.5 Å². The van der Waals surface area contributed by atoms with Gasteiger partial charge in [0.1, 0.15) is 6.61 Å². The van der Waals surface area contributed by atoms with E-state index in [4.69, 9.17) is 5.73 Å². The molecule has 0 aliphatic rings. The van der Waals surface area contributed by atoms with Crippen molar-refractivity contribution in [3.8, 4) is 0 Å². The molecular weight excluding hydrogens is 204 g/mol. The molecule has 16 heavy (non-hydrogen) atoms. The highest BCUT2D eigenvalue weighted by Crippen LogP contribution is 2.12. The largest absolute Gasteiger partial charge is 0.448 e. The minimum absolute atomic E-state index is 0.349. The van der Waals surface area contributed by atoms with Gasteiger partial charge >= 0.3 is 6.09 Å². The first-order chi connectivity index (χ1) is 7.41. The van der Waals surface area contributed by atoms with E-state index in [-0.39, 0.29) is 0 Å². The lowest BCUT2D eigenvalue weighted by atomic mass is 9.96. The van der Waals surface area contributed by atoms with Crippen LogP contribution in [0.5, 0.6) is 0 Å². The molecule has 0 aromatic heterocycles. The molecule has 0 spiro atoms. The van der Waals surface area contributed by atoms with Crippen LogP contribution in [0.4, 0.5) is 4.79 Å². The maximum atomic E-state index is 10.4. The lowest BCUT2D eigenvalue weighted by Gasteiger charge is -2.22. The van der Waals surface area contributed by atoms with Crippen LogP contribution in [0.25, 0.3) is 0 Å². The second-order valence-electron chi connectivity index (χ2n) is 5.08. The van der Waals surface area contributed by atoms with Crippen molar-refractivity contribution in [3.05, 3.63) is 0 Å². The molecule has 0 unspecified atom stereocenters. The van der Waals surface area contributed by atoms with E-state index >= 15 is 0 Å². The zero-order valence-corrected chi connectivity index (χ0v) is 11.0. The molecular formula is C12H26N2O2. The maximum Gasteiger partial charge on any atom is 0.404 e. The summed E-state index contributed by atoms with van der Waals surface area (Å²) in [6.45, 7) is 9.89. The summed E-state index contributed by atoms with van der Waals surface area (Å²) in [4.78, 5) is 10.4. The molecule has 0 heterocycles. The highest BCUT2D eigenvalue weighted by atomic mass is 16.5. The van der Waals surface area contributed by atoms with Crippen molar-refractivity contribution < 1.29 is 9.53 Å². The highest BCUT2D eigenvalue weighted by Gasteiger charge is 2.12. The van der Waals surface area contributed by atoms with Crippen LogP contribution in [0.2, 0.25) is 0 Å². The van der Waals surface area contributed by atoms with E-state index in [1.807, 2.05) is 0 Å². The maximum absolute atomic E-state index is 10.4. The van der Waals surface area contributed by atoms with Crippen LogP contribution in [-0.2, 0) is 4.74 Å². The quantitative estimate of drug-likeness (QED) is 0.628. The van der Waals surface area contributed by atoms with Gasteiger partial charge in [-0.05, 0) is 24.7 Å². The zero-order chi connectivity index (χ0) is 12.6. The van der Waals surface area contributed by atoms with Gasteiger partial charge in [-0.25, -0.2) is 4.79 Å². The molecule has 4 nitrogen and oxygen atoms in total. The molecule has 0 radical (unpaired) electrons. The summed E-state index contributed by atoms with van der Waals surface area (Å²) in [5, 5.41) is 3.40. The minimum Gasteiger partial charge on any atom is -0.448 e. The lowest BCUT2D eigenvalue weighted by Crippen LogP contribution is -2.35. The molecule has 0 aliphatic carbocycles. The van der Waals surface area contributed by atoms with Crippen molar-refractivity contribution in [2.45, 2.75) is 46.6 Å². The molecule has 96 valence electrons. The third-order valence-corrected chi connectivity index (χ3v) is 2.29. The molecule has 1 amide bonds. The van der Waals surface area contributed by atoms with Gasteiger partial charge in [-0.15, -0.1) is 0 Å². The Morgan fingerprint density at radius 1 is 1.19 bits per heavy atom. The normalized spacial score (nSPS) is 11.4. The number of primary amides is 1. The molecule has 4 heteroatoms. The monoisotopic (exact) mass is 230 g/mol. The van der Waals surface area contributed by atoms with Crippen molar-refractivity contribution in [2.24, 2.45) is 17.6 Å². The van der Waals surface area contributed by atoms with E-state index in [0.717, 1.165) is 12.8 Å². The number of amides is 1. The Bertz CT molecular complexity index is 183. The molecule has 0 rings (SSSR count). The fourth-order valence-corrected chi connectivity index (χ4v) is 1.82. The van der Waals surface area contributed by atoms with Crippen LogP contribution < -0.4 is 11.1 Å². The van der Waals surface area contributed by atoms with Gasteiger partial charge in [-0.3, -0.25) is 0 Å². The number of nitrogens with one attached hydrogen (secondary N) is 1. The minimum atomic E-state index is -0.703. The summed E-state index contributed by atoms with van der Waals surface area (Å²) in [6, 6.07) is 0.497. The number of hydrogen-bond acceptors (Lipinski definition) is 3. The second kappa shape index (κ2) is 8.39. The standard InChI is InChI=1S/C12H26N2O2/c1-9(2)7-11(8-10(3)4)14-5-6-16-12(13)15/h9-11,14H,5-8H2,1-4H3,(H2,13,15). The number of nitrogens with two attached hydrogens (primary N) is 1. The van der Waals surface area contributed by atoms with Gasteiger partial charge in [0, 0.05) is 12.6 Å². The number of carbonyl (C=O) groups excluding carboxylic acids is 1. The first-order valence-electron chi connectivity index (χ1n) is 6.07. The average molecular weight is 230 g/mol. The van der Waals surface area contributed by atoms with E-state index in [1.165, 1.54) is 0 Å².